The van der Waals surface area contributed by atoms with Crippen molar-refractivity contribution in [1.82, 2.24) is 0 Å². The molecule has 1 aromatic carbocycles. The molecule has 6 heteroatoms. The fourth-order valence-corrected chi connectivity index (χ4v) is 2.05. The summed E-state index contributed by atoms with van der Waals surface area (Å²) < 4.78 is 41.0. The van der Waals surface area contributed by atoms with Gasteiger partial charge in [-0.05, 0) is 24.6 Å². The van der Waals surface area contributed by atoms with Crippen molar-refractivity contribution in [2.75, 3.05) is 6.61 Å². The van der Waals surface area contributed by atoms with Crippen LogP contribution in [0.1, 0.15) is 5.56 Å². The van der Waals surface area contributed by atoms with Crippen LogP contribution in [-0.4, -0.2) is 12.8 Å². The highest BCUT2D eigenvalue weighted by Gasteiger charge is 2.29. The Morgan fingerprint density at radius 3 is 2.47 bits per heavy atom. The minimum absolute atomic E-state index is 0.0668. The molecule has 0 aliphatic carbocycles. The van der Waals surface area contributed by atoms with E-state index in [0.717, 1.165) is 0 Å². The van der Waals surface area contributed by atoms with E-state index in [1.54, 1.807) is 13.0 Å². The maximum absolute atomic E-state index is 11.9. The highest BCUT2D eigenvalue weighted by molar-refractivity contribution is 9.10. The SMILES string of the molecule is Cc1cc(Br)cc(Cl)c1OCC(F)(F)F. The van der Waals surface area contributed by atoms with Crippen LogP contribution in [0.15, 0.2) is 16.6 Å². The molecule has 0 saturated carbocycles. The standard InChI is InChI=1S/C9H7BrClF3O/c1-5-2-6(10)3-7(11)8(5)15-4-9(12,13)14/h2-3H,4H2,1H3. The molecule has 0 unspecified atom stereocenters. The number of ether oxygens (including phenoxy) is 1. The van der Waals surface area contributed by atoms with Crippen molar-refractivity contribution in [2.24, 2.45) is 0 Å². The van der Waals surface area contributed by atoms with Gasteiger partial charge in [-0.15, -0.1) is 0 Å². The summed E-state index contributed by atoms with van der Waals surface area (Å²) in [5.74, 6) is 0.0668. The van der Waals surface area contributed by atoms with Crippen LogP contribution in [-0.2, 0) is 0 Å². The van der Waals surface area contributed by atoms with Gasteiger partial charge in [0, 0.05) is 4.47 Å². The fourth-order valence-electron chi connectivity index (χ4n) is 1.03. The summed E-state index contributed by atoms with van der Waals surface area (Å²) in [4.78, 5) is 0. The number of hydrogen-bond donors (Lipinski definition) is 0. The van der Waals surface area contributed by atoms with Crippen molar-refractivity contribution in [1.29, 1.82) is 0 Å². The van der Waals surface area contributed by atoms with Gasteiger partial charge in [0.2, 0.25) is 0 Å². The Hall–Kier alpha value is -0.420. The first-order chi connectivity index (χ1) is 6.79. The molecule has 1 nitrogen and oxygen atoms in total. The van der Waals surface area contributed by atoms with Crippen molar-refractivity contribution in [2.45, 2.75) is 13.1 Å². The van der Waals surface area contributed by atoms with Crippen molar-refractivity contribution in [3.63, 3.8) is 0 Å². The summed E-state index contributed by atoms with van der Waals surface area (Å²) in [6.07, 6.45) is -4.36. The average Bonchev–Trinajstić information content (AvgIpc) is 1.99. The fraction of sp³-hybridized carbons (Fsp3) is 0.333. The van der Waals surface area contributed by atoms with Crippen molar-refractivity contribution in [3.8, 4) is 5.75 Å². The second-order valence-corrected chi connectivity index (χ2v) is 4.26. The van der Waals surface area contributed by atoms with E-state index in [0.29, 0.717) is 10.0 Å². The predicted octanol–water partition coefficient (Wildman–Crippen LogP) is 4.35. The van der Waals surface area contributed by atoms with Gasteiger partial charge in [-0.3, -0.25) is 0 Å². The van der Waals surface area contributed by atoms with Crippen LogP contribution in [0.25, 0.3) is 0 Å². The summed E-state index contributed by atoms with van der Waals surface area (Å²) in [7, 11) is 0. The lowest BCUT2D eigenvalue weighted by Gasteiger charge is -2.13. The number of rotatable bonds is 2. The Bertz CT molecular complexity index is 342. The maximum Gasteiger partial charge on any atom is 0.422 e. The van der Waals surface area contributed by atoms with Gasteiger partial charge in [-0.25, -0.2) is 0 Å². The molecule has 0 atom stereocenters. The minimum Gasteiger partial charge on any atom is -0.482 e. The number of alkyl halides is 3. The summed E-state index contributed by atoms with van der Waals surface area (Å²) in [5, 5.41) is 0.158. The molecule has 0 radical (unpaired) electrons. The normalized spacial score (nSPS) is 11.6. The van der Waals surface area contributed by atoms with Gasteiger partial charge in [0.15, 0.2) is 6.61 Å². The van der Waals surface area contributed by atoms with Gasteiger partial charge in [-0.1, -0.05) is 27.5 Å². The molecular formula is C9H7BrClF3O. The minimum atomic E-state index is -4.36. The Morgan fingerprint density at radius 1 is 1.40 bits per heavy atom. The molecular weight excluding hydrogens is 296 g/mol. The van der Waals surface area contributed by atoms with E-state index in [1.165, 1.54) is 6.07 Å². The number of hydrogen-bond acceptors (Lipinski definition) is 1. The van der Waals surface area contributed by atoms with Gasteiger partial charge in [0.25, 0.3) is 0 Å². The van der Waals surface area contributed by atoms with Crippen molar-refractivity contribution >= 4 is 27.5 Å². The van der Waals surface area contributed by atoms with Gasteiger partial charge in [0.1, 0.15) is 5.75 Å². The smallest absolute Gasteiger partial charge is 0.422 e. The second-order valence-electron chi connectivity index (χ2n) is 2.94. The number of halogens is 5. The van der Waals surface area contributed by atoms with Gasteiger partial charge < -0.3 is 4.74 Å². The molecule has 0 amide bonds. The zero-order valence-corrected chi connectivity index (χ0v) is 10.0. The van der Waals surface area contributed by atoms with Gasteiger partial charge >= 0.3 is 6.18 Å². The predicted molar refractivity (Wildman–Crippen MR) is 55.4 cm³/mol. The van der Waals surface area contributed by atoms with Crippen LogP contribution in [0.2, 0.25) is 5.02 Å². The molecule has 0 aliphatic rings. The van der Waals surface area contributed by atoms with Crippen LogP contribution >= 0.6 is 27.5 Å². The first-order valence-electron chi connectivity index (χ1n) is 3.95. The Morgan fingerprint density at radius 2 is 2.00 bits per heavy atom. The lowest BCUT2D eigenvalue weighted by molar-refractivity contribution is -0.153. The van der Waals surface area contributed by atoms with Crippen LogP contribution in [0.5, 0.6) is 5.75 Å². The first-order valence-corrected chi connectivity index (χ1v) is 5.12. The van der Waals surface area contributed by atoms with Crippen molar-refractivity contribution < 1.29 is 17.9 Å². The lowest BCUT2D eigenvalue weighted by Crippen LogP contribution is -2.19. The van der Waals surface area contributed by atoms with E-state index in [2.05, 4.69) is 20.7 Å². The second kappa shape index (κ2) is 4.61. The molecule has 84 valence electrons. The Labute approximate surface area is 98.3 Å². The molecule has 1 aromatic rings. The zero-order valence-electron chi connectivity index (χ0n) is 7.66. The molecule has 0 aromatic heterocycles. The van der Waals surface area contributed by atoms with Crippen molar-refractivity contribution in [3.05, 3.63) is 27.2 Å². The third-order valence-electron chi connectivity index (χ3n) is 1.57. The topological polar surface area (TPSA) is 9.23 Å². The number of aryl methyl sites for hydroxylation is 1. The van der Waals surface area contributed by atoms with E-state index in [9.17, 15) is 13.2 Å². The van der Waals surface area contributed by atoms with E-state index in [4.69, 9.17) is 11.6 Å². The molecule has 0 spiro atoms. The first kappa shape index (κ1) is 12.6. The molecule has 15 heavy (non-hydrogen) atoms. The largest absolute Gasteiger partial charge is 0.482 e. The molecule has 1 rings (SSSR count). The highest BCUT2D eigenvalue weighted by Crippen LogP contribution is 2.33. The number of benzene rings is 1. The third kappa shape index (κ3) is 3.91. The van der Waals surface area contributed by atoms with E-state index < -0.39 is 12.8 Å². The van der Waals surface area contributed by atoms with E-state index >= 15 is 0 Å². The maximum atomic E-state index is 11.9. The zero-order chi connectivity index (χ0) is 11.6. The van der Waals surface area contributed by atoms with E-state index in [-0.39, 0.29) is 10.8 Å². The highest BCUT2D eigenvalue weighted by atomic mass is 79.9. The molecule has 0 aliphatic heterocycles. The lowest BCUT2D eigenvalue weighted by atomic mass is 10.2. The Kier molecular flexibility index (Phi) is 3.89. The third-order valence-corrected chi connectivity index (χ3v) is 2.31. The van der Waals surface area contributed by atoms with Crippen LogP contribution in [0.3, 0.4) is 0 Å². The molecule has 0 N–H and O–H groups in total. The van der Waals surface area contributed by atoms with Gasteiger partial charge in [0.05, 0.1) is 5.02 Å². The Balaban J connectivity index is 2.86. The summed E-state index contributed by atoms with van der Waals surface area (Å²) in [5.41, 5.74) is 0.554. The quantitative estimate of drug-likeness (QED) is 0.789. The van der Waals surface area contributed by atoms with Gasteiger partial charge in [-0.2, -0.15) is 13.2 Å². The van der Waals surface area contributed by atoms with Crippen LogP contribution < -0.4 is 4.74 Å². The van der Waals surface area contributed by atoms with E-state index in [1.807, 2.05) is 0 Å². The average molecular weight is 304 g/mol. The summed E-state index contributed by atoms with van der Waals surface area (Å²) in [6.45, 7) is 0.289. The molecule has 0 bridgehead atoms. The summed E-state index contributed by atoms with van der Waals surface area (Å²) >= 11 is 8.92. The monoisotopic (exact) mass is 302 g/mol. The van der Waals surface area contributed by atoms with Crippen LogP contribution in [0, 0.1) is 6.92 Å². The molecule has 0 saturated heterocycles. The van der Waals surface area contributed by atoms with Crippen LogP contribution in [0.4, 0.5) is 13.2 Å². The molecule has 0 heterocycles. The summed E-state index contributed by atoms with van der Waals surface area (Å²) in [6, 6.07) is 3.12. The molecule has 0 fully saturated rings.